The Kier molecular flexibility index (Phi) is 9.98. The van der Waals surface area contributed by atoms with Crippen LogP contribution in [0.25, 0.3) is 0 Å². The Morgan fingerprint density at radius 3 is 2.62 bits per heavy atom. The van der Waals surface area contributed by atoms with Gasteiger partial charge in [0.2, 0.25) is 0 Å². The predicted molar refractivity (Wildman–Crippen MR) is 89.4 cm³/mol. The largest absolute Gasteiger partial charge is 0.376 e. The minimum Gasteiger partial charge on any atom is -0.376 e. The van der Waals surface area contributed by atoms with Crippen LogP contribution < -0.4 is 5.73 Å². The number of nitrogens with two attached hydrogens (primary N) is 1. The zero-order chi connectivity index (χ0) is 15.5. The van der Waals surface area contributed by atoms with E-state index >= 15 is 0 Å². The van der Waals surface area contributed by atoms with Gasteiger partial charge in [-0.05, 0) is 19.3 Å². The van der Waals surface area contributed by atoms with Gasteiger partial charge in [-0.1, -0.05) is 58.6 Å². The first-order valence-corrected chi connectivity index (χ1v) is 8.86. The molecule has 0 bridgehead atoms. The Morgan fingerprint density at radius 1 is 1.14 bits per heavy atom. The molecule has 4 atom stereocenters. The number of ether oxygens (including phenoxy) is 2. The SMILES string of the molecule is CCCCCCC/C=C/[C@@H]1OC[C@H](C)[C@H](OCCC)[C@@H]1N. The van der Waals surface area contributed by atoms with Crippen LogP contribution in [-0.4, -0.2) is 31.5 Å². The molecule has 0 aromatic carbocycles. The smallest absolute Gasteiger partial charge is 0.0932 e. The zero-order valence-electron chi connectivity index (χ0n) is 14.2. The monoisotopic (exact) mass is 297 g/mol. The summed E-state index contributed by atoms with van der Waals surface area (Å²) in [5, 5.41) is 0. The Balaban J connectivity index is 2.30. The molecule has 0 aromatic rings. The van der Waals surface area contributed by atoms with Crippen LogP contribution in [0, 0.1) is 5.92 Å². The molecule has 0 radical (unpaired) electrons. The summed E-state index contributed by atoms with van der Waals surface area (Å²) >= 11 is 0. The molecule has 0 saturated carbocycles. The second-order valence-electron chi connectivity index (χ2n) is 6.32. The third kappa shape index (κ3) is 6.94. The Labute approximate surface area is 131 Å². The first kappa shape index (κ1) is 18.7. The van der Waals surface area contributed by atoms with Gasteiger partial charge in [-0.25, -0.2) is 0 Å². The lowest BCUT2D eigenvalue weighted by atomic mass is 9.91. The average Bonchev–Trinajstić information content (AvgIpc) is 2.48. The standard InChI is InChI=1S/C18H35NO2/c1-4-6-7-8-9-10-11-12-16-17(19)18(20-13-5-2)15(3)14-21-16/h11-12,15-18H,4-10,13-14,19H2,1-3H3/b12-11+/t15-,16-,17+,18-/m0/s1. The van der Waals surface area contributed by atoms with E-state index in [1.54, 1.807) is 0 Å². The predicted octanol–water partition coefficient (Wildman–Crippen LogP) is 4.06. The molecule has 0 aliphatic carbocycles. The summed E-state index contributed by atoms with van der Waals surface area (Å²) < 4.78 is 11.8. The summed E-state index contributed by atoms with van der Waals surface area (Å²) in [6, 6.07) is -0.0448. The van der Waals surface area contributed by atoms with E-state index in [9.17, 15) is 0 Å². The number of rotatable bonds is 10. The summed E-state index contributed by atoms with van der Waals surface area (Å²) in [6.07, 6.45) is 13.3. The quantitative estimate of drug-likeness (QED) is 0.488. The third-order valence-electron chi connectivity index (χ3n) is 4.19. The van der Waals surface area contributed by atoms with Crippen molar-refractivity contribution in [3.63, 3.8) is 0 Å². The maximum absolute atomic E-state index is 6.33. The van der Waals surface area contributed by atoms with Crippen LogP contribution in [-0.2, 0) is 9.47 Å². The van der Waals surface area contributed by atoms with Crippen LogP contribution in [0.3, 0.4) is 0 Å². The van der Waals surface area contributed by atoms with E-state index in [1.807, 2.05) is 0 Å². The molecule has 1 aliphatic rings. The maximum Gasteiger partial charge on any atom is 0.0932 e. The summed E-state index contributed by atoms with van der Waals surface area (Å²) in [4.78, 5) is 0. The fraction of sp³-hybridized carbons (Fsp3) is 0.889. The van der Waals surface area contributed by atoms with Crippen molar-refractivity contribution in [2.75, 3.05) is 13.2 Å². The van der Waals surface area contributed by atoms with Gasteiger partial charge in [0.1, 0.15) is 0 Å². The second kappa shape index (κ2) is 11.2. The number of unbranched alkanes of at least 4 members (excludes halogenated alkanes) is 5. The van der Waals surface area contributed by atoms with Crippen molar-refractivity contribution in [2.45, 2.75) is 84.0 Å². The van der Waals surface area contributed by atoms with E-state index in [0.29, 0.717) is 5.92 Å². The van der Waals surface area contributed by atoms with Crippen LogP contribution in [0.15, 0.2) is 12.2 Å². The molecule has 0 spiro atoms. The molecule has 0 amide bonds. The van der Waals surface area contributed by atoms with Gasteiger partial charge in [0.15, 0.2) is 0 Å². The van der Waals surface area contributed by atoms with Crippen molar-refractivity contribution < 1.29 is 9.47 Å². The van der Waals surface area contributed by atoms with E-state index in [1.165, 1.54) is 32.1 Å². The molecule has 1 heterocycles. The summed E-state index contributed by atoms with van der Waals surface area (Å²) in [6.45, 7) is 8.07. The number of allylic oxidation sites excluding steroid dienone is 1. The lowest BCUT2D eigenvalue weighted by Gasteiger charge is -2.38. The molecule has 1 fully saturated rings. The Hall–Kier alpha value is -0.380. The van der Waals surface area contributed by atoms with E-state index in [2.05, 4.69) is 32.9 Å². The lowest BCUT2D eigenvalue weighted by Crippen LogP contribution is -2.54. The van der Waals surface area contributed by atoms with Crippen LogP contribution in [0.2, 0.25) is 0 Å². The molecule has 3 nitrogen and oxygen atoms in total. The minimum atomic E-state index is -0.0448. The third-order valence-corrected chi connectivity index (χ3v) is 4.19. The molecule has 1 saturated heterocycles. The van der Waals surface area contributed by atoms with Crippen molar-refractivity contribution in [3.8, 4) is 0 Å². The van der Waals surface area contributed by atoms with Crippen LogP contribution >= 0.6 is 0 Å². The highest BCUT2D eigenvalue weighted by molar-refractivity contribution is 5.01. The molecule has 0 unspecified atom stereocenters. The molecular formula is C18H35NO2. The van der Waals surface area contributed by atoms with Gasteiger partial charge in [0.05, 0.1) is 24.9 Å². The summed E-state index contributed by atoms with van der Waals surface area (Å²) in [7, 11) is 0. The molecule has 2 N–H and O–H groups in total. The molecular weight excluding hydrogens is 262 g/mol. The normalized spacial score (nSPS) is 30.1. The molecule has 3 heteroatoms. The van der Waals surface area contributed by atoms with Gasteiger partial charge in [-0.2, -0.15) is 0 Å². The summed E-state index contributed by atoms with van der Waals surface area (Å²) in [5.41, 5.74) is 6.33. The van der Waals surface area contributed by atoms with E-state index in [0.717, 1.165) is 26.1 Å². The fourth-order valence-electron chi connectivity index (χ4n) is 2.84. The first-order chi connectivity index (χ1) is 10.2. The van der Waals surface area contributed by atoms with Crippen molar-refractivity contribution in [2.24, 2.45) is 11.7 Å². The van der Waals surface area contributed by atoms with Crippen molar-refractivity contribution in [1.29, 1.82) is 0 Å². The van der Waals surface area contributed by atoms with E-state index in [-0.39, 0.29) is 18.2 Å². The van der Waals surface area contributed by atoms with E-state index < -0.39 is 0 Å². The molecule has 0 aromatic heterocycles. The van der Waals surface area contributed by atoms with Crippen molar-refractivity contribution in [3.05, 3.63) is 12.2 Å². The lowest BCUT2D eigenvalue weighted by molar-refractivity contribution is -0.104. The van der Waals surface area contributed by atoms with Crippen LogP contribution in [0.5, 0.6) is 0 Å². The average molecular weight is 297 g/mol. The van der Waals surface area contributed by atoms with Gasteiger partial charge >= 0.3 is 0 Å². The molecule has 124 valence electrons. The van der Waals surface area contributed by atoms with Crippen molar-refractivity contribution >= 4 is 0 Å². The highest BCUT2D eigenvalue weighted by Crippen LogP contribution is 2.22. The second-order valence-corrected chi connectivity index (χ2v) is 6.32. The molecule has 21 heavy (non-hydrogen) atoms. The fourth-order valence-corrected chi connectivity index (χ4v) is 2.84. The van der Waals surface area contributed by atoms with E-state index in [4.69, 9.17) is 15.2 Å². The number of hydrogen-bond acceptors (Lipinski definition) is 3. The Bertz CT molecular complexity index is 280. The van der Waals surface area contributed by atoms with Gasteiger partial charge in [-0.15, -0.1) is 0 Å². The van der Waals surface area contributed by atoms with Gasteiger partial charge in [-0.3, -0.25) is 0 Å². The summed E-state index contributed by atoms with van der Waals surface area (Å²) in [5.74, 6) is 0.380. The minimum absolute atomic E-state index is 0.0127. The topological polar surface area (TPSA) is 44.5 Å². The Morgan fingerprint density at radius 2 is 1.90 bits per heavy atom. The highest BCUT2D eigenvalue weighted by atomic mass is 16.5. The van der Waals surface area contributed by atoms with Gasteiger partial charge in [0, 0.05) is 12.5 Å². The van der Waals surface area contributed by atoms with Crippen LogP contribution in [0.1, 0.15) is 65.7 Å². The number of hydrogen-bond donors (Lipinski definition) is 1. The van der Waals surface area contributed by atoms with Gasteiger partial charge in [0.25, 0.3) is 0 Å². The molecule has 1 rings (SSSR count). The van der Waals surface area contributed by atoms with Crippen molar-refractivity contribution in [1.82, 2.24) is 0 Å². The van der Waals surface area contributed by atoms with Crippen LogP contribution in [0.4, 0.5) is 0 Å². The molecule has 1 aliphatic heterocycles. The van der Waals surface area contributed by atoms with Gasteiger partial charge < -0.3 is 15.2 Å². The zero-order valence-corrected chi connectivity index (χ0v) is 14.2. The highest BCUT2D eigenvalue weighted by Gasteiger charge is 2.35. The first-order valence-electron chi connectivity index (χ1n) is 8.86. The maximum atomic E-state index is 6.33.